The molecule has 0 N–H and O–H groups in total. The third-order valence-electron chi connectivity index (χ3n) is 2.08. The van der Waals surface area contributed by atoms with Crippen molar-refractivity contribution in [2.24, 2.45) is 0 Å². The van der Waals surface area contributed by atoms with Crippen LogP contribution in [0.1, 0.15) is 10.4 Å². The molecule has 17 heavy (non-hydrogen) atoms. The van der Waals surface area contributed by atoms with Crippen LogP contribution in [0.15, 0.2) is 53.0 Å². The van der Waals surface area contributed by atoms with E-state index in [2.05, 4.69) is 15.9 Å². The number of halogens is 2. The van der Waals surface area contributed by atoms with E-state index in [0.29, 0.717) is 16.3 Å². The summed E-state index contributed by atoms with van der Waals surface area (Å²) in [5.74, 6) is 0.0768. The fourth-order valence-corrected chi connectivity index (χ4v) is 1.74. The van der Waals surface area contributed by atoms with E-state index in [1.54, 1.807) is 48.5 Å². The third-order valence-corrected chi connectivity index (χ3v) is 2.85. The van der Waals surface area contributed by atoms with Gasteiger partial charge < -0.3 is 4.74 Å². The molecule has 0 unspecified atom stereocenters. The molecule has 0 heterocycles. The van der Waals surface area contributed by atoms with Crippen LogP contribution < -0.4 is 4.74 Å². The van der Waals surface area contributed by atoms with Crippen LogP contribution in [0.5, 0.6) is 5.75 Å². The second-order valence-corrected chi connectivity index (χ2v) is 4.71. The van der Waals surface area contributed by atoms with Gasteiger partial charge in [-0.2, -0.15) is 0 Å². The van der Waals surface area contributed by atoms with Crippen LogP contribution in [-0.4, -0.2) is 5.97 Å². The minimum absolute atomic E-state index is 0.421. The van der Waals surface area contributed by atoms with E-state index in [1.165, 1.54) is 0 Å². The van der Waals surface area contributed by atoms with Crippen LogP contribution in [-0.2, 0) is 0 Å². The van der Waals surface area contributed by atoms with E-state index in [9.17, 15) is 4.79 Å². The summed E-state index contributed by atoms with van der Waals surface area (Å²) in [6, 6.07) is 13.7. The molecule has 0 radical (unpaired) electrons. The number of benzene rings is 2. The van der Waals surface area contributed by atoms with Crippen molar-refractivity contribution in [3.63, 3.8) is 0 Å². The molecule has 2 rings (SSSR count). The molecule has 2 nitrogen and oxygen atoms in total. The summed E-state index contributed by atoms with van der Waals surface area (Å²) in [4.78, 5) is 11.8. The number of ether oxygens (including phenoxy) is 1. The highest BCUT2D eigenvalue weighted by Crippen LogP contribution is 2.18. The summed E-state index contributed by atoms with van der Waals surface area (Å²) >= 11 is 9.11. The molecule has 2 aromatic rings. The Labute approximate surface area is 112 Å². The predicted octanol–water partition coefficient (Wildman–Crippen LogP) is 4.32. The van der Waals surface area contributed by atoms with Crippen LogP contribution in [0, 0.1) is 0 Å². The highest BCUT2D eigenvalue weighted by atomic mass is 79.9. The van der Waals surface area contributed by atoms with Crippen molar-refractivity contribution in [3.8, 4) is 5.75 Å². The van der Waals surface area contributed by atoms with Crippen LogP contribution in [0.2, 0.25) is 5.02 Å². The molecule has 0 amide bonds. The maximum absolute atomic E-state index is 11.8. The molecule has 0 saturated carbocycles. The average Bonchev–Trinajstić information content (AvgIpc) is 2.32. The van der Waals surface area contributed by atoms with E-state index < -0.39 is 5.97 Å². The van der Waals surface area contributed by atoms with Crippen molar-refractivity contribution in [1.29, 1.82) is 0 Å². The topological polar surface area (TPSA) is 26.3 Å². The Kier molecular flexibility index (Phi) is 3.82. The quantitative estimate of drug-likeness (QED) is 0.610. The first kappa shape index (κ1) is 12.1. The lowest BCUT2D eigenvalue weighted by Crippen LogP contribution is -2.08. The Hall–Kier alpha value is -1.32. The molecule has 0 atom stereocenters. The minimum atomic E-state index is -0.421. The van der Waals surface area contributed by atoms with Gasteiger partial charge in [-0.15, -0.1) is 0 Å². The van der Waals surface area contributed by atoms with Crippen molar-refractivity contribution >= 4 is 33.5 Å². The second kappa shape index (κ2) is 5.34. The Morgan fingerprint density at radius 3 is 2.47 bits per heavy atom. The molecule has 0 fully saturated rings. The Morgan fingerprint density at radius 2 is 1.82 bits per heavy atom. The Morgan fingerprint density at radius 1 is 1.12 bits per heavy atom. The normalized spacial score (nSPS) is 10.0. The molecule has 0 aliphatic rings. The summed E-state index contributed by atoms with van der Waals surface area (Å²) in [7, 11) is 0. The fourth-order valence-electron chi connectivity index (χ4n) is 1.28. The van der Waals surface area contributed by atoms with Crippen molar-refractivity contribution in [2.45, 2.75) is 0 Å². The molecular formula is C13H8BrClO2. The first-order valence-electron chi connectivity index (χ1n) is 4.88. The van der Waals surface area contributed by atoms with Crippen LogP contribution in [0.4, 0.5) is 0 Å². The van der Waals surface area contributed by atoms with Gasteiger partial charge in [-0.25, -0.2) is 4.79 Å². The van der Waals surface area contributed by atoms with E-state index in [-0.39, 0.29) is 0 Å². The zero-order chi connectivity index (χ0) is 12.3. The van der Waals surface area contributed by atoms with Crippen LogP contribution in [0.3, 0.4) is 0 Å². The van der Waals surface area contributed by atoms with Crippen molar-refractivity contribution in [1.82, 2.24) is 0 Å². The largest absolute Gasteiger partial charge is 0.423 e. The molecule has 4 heteroatoms. The standard InChI is InChI=1S/C13H8BrClO2/c14-10-4-6-12(7-5-10)17-13(16)9-2-1-3-11(15)8-9/h1-8H. The average molecular weight is 312 g/mol. The SMILES string of the molecule is O=C(Oc1ccc(Br)cc1)c1cccc(Cl)c1. The van der Waals surface area contributed by atoms with E-state index in [0.717, 1.165) is 4.47 Å². The molecule has 86 valence electrons. The number of esters is 1. The van der Waals surface area contributed by atoms with E-state index >= 15 is 0 Å². The highest BCUT2D eigenvalue weighted by molar-refractivity contribution is 9.10. The van der Waals surface area contributed by atoms with Crippen LogP contribution >= 0.6 is 27.5 Å². The number of carbonyl (C=O) groups excluding carboxylic acids is 1. The number of rotatable bonds is 2. The summed E-state index contributed by atoms with van der Waals surface area (Å²) in [6.45, 7) is 0. The van der Waals surface area contributed by atoms with Gasteiger partial charge in [-0.1, -0.05) is 33.6 Å². The number of carbonyl (C=O) groups is 1. The molecule has 0 aliphatic heterocycles. The summed E-state index contributed by atoms with van der Waals surface area (Å²) in [5, 5.41) is 0.509. The van der Waals surface area contributed by atoms with Gasteiger partial charge >= 0.3 is 5.97 Å². The van der Waals surface area contributed by atoms with Crippen molar-refractivity contribution in [2.75, 3.05) is 0 Å². The summed E-state index contributed by atoms with van der Waals surface area (Å²) < 4.78 is 6.12. The fraction of sp³-hybridized carbons (Fsp3) is 0. The maximum atomic E-state index is 11.8. The Bertz CT molecular complexity index is 537. The van der Waals surface area contributed by atoms with Gasteiger partial charge in [-0.3, -0.25) is 0 Å². The molecule has 2 aromatic carbocycles. The lowest BCUT2D eigenvalue weighted by molar-refractivity contribution is 0.0735. The first-order valence-corrected chi connectivity index (χ1v) is 6.05. The third kappa shape index (κ3) is 3.32. The van der Waals surface area contributed by atoms with E-state index in [1.807, 2.05) is 0 Å². The smallest absolute Gasteiger partial charge is 0.343 e. The second-order valence-electron chi connectivity index (χ2n) is 3.35. The zero-order valence-electron chi connectivity index (χ0n) is 8.69. The van der Waals surface area contributed by atoms with Gasteiger partial charge in [0.25, 0.3) is 0 Å². The number of hydrogen-bond donors (Lipinski definition) is 0. The molecule has 0 saturated heterocycles. The zero-order valence-corrected chi connectivity index (χ0v) is 11.0. The van der Waals surface area contributed by atoms with Crippen molar-refractivity contribution < 1.29 is 9.53 Å². The first-order chi connectivity index (χ1) is 8.15. The van der Waals surface area contributed by atoms with E-state index in [4.69, 9.17) is 16.3 Å². The van der Waals surface area contributed by atoms with Gasteiger partial charge in [0.05, 0.1) is 5.56 Å². The monoisotopic (exact) mass is 310 g/mol. The molecule has 0 aromatic heterocycles. The van der Waals surface area contributed by atoms with Gasteiger partial charge in [0.1, 0.15) is 5.75 Å². The lowest BCUT2D eigenvalue weighted by Gasteiger charge is -2.04. The predicted molar refractivity (Wildman–Crippen MR) is 70.6 cm³/mol. The van der Waals surface area contributed by atoms with Crippen LogP contribution in [0.25, 0.3) is 0 Å². The molecular weight excluding hydrogens is 303 g/mol. The molecule has 0 spiro atoms. The van der Waals surface area contributed by atoms with Gasteiger partial charge in [0.15, 0.2) is 0 Å². The highest BCUT2D eigenvalue weighted by Gasteiger charge is 2.08. The molecule has 0 bridgehead atoms. The lowest BCUT2D eigenvalue weighted by atomic mass is 10.2. The van der Waals surface area contributed by atoms with Gasteiger partial charge in [0.2, 0.25) is 0 Å². The van der Waals surface area contributed by atoms with Gasteiger partial charge in [0, 0.05) is 9.50 Å². The molecule has 0 aliphatic carbocycles. The maximum Gasteiger partial charge on any atom is 0.343 e. The van der Waals surface area contributed by atoms with Gasteiger partial charge in [-0.05, 0) is 42.5 Å². The number of hydrogen-bond acceptors (Lipinski definition) is 2. The summed E-state index contributed by atoms with van der Waals surface area (Å²) in [5.41, 5.74) is 0.431. The van der Waals surface area contributed by atoms with Crippen molar-refractivity contribution in [3.05, 3.63) is 63.6 Å². The summed E-state index contributed by atoms with van der Waals surface area (Å²) in [6.07, 6.45) is 0. The minimum Gasteiger partial charge on any atom is -0.423 e. The Balaban J connectivity index is 2.14.